The molecular weight excluding hydrogens is 186 g/mol. The Balaban J connectivity index is 2.42. The van der Waals surface area contributed by atoms with Crippen molar-refractivity contribution in [2.24, 2.45) is 0 Å². The average molecular weight is 207 g/mol. The topological polar surface area (TPSA) is 12.0 Å². The Hall–Kier alpha value is -0.763. The molecule has 0 radical (unpaired) electrons. The fraction of sp³-hybridized carbons (Fsp3) is 0.500. The highest BCUT2D eigenvalue weighted by molar-refractivity contribution is 6.77. The minimum atomic E-state index is -0.977. The van der Waals surface area contributed by atoms with Crippen molar-refractivity contribution in [1.29, 1.82) is 0 Å². The van der Waals surface area contributed by atoms with Gasteiger partial charge in [0, 0.05) is 20.3 Å². The predicted molar refractivity (Wildman–Crippen MR) is 67.7 cm³/mol. The molecule has 1 unspecified atom stereocenters. The number of nitrogens with one attached hydrogen (secondary N) is 1. The van der Waals surface area contributed by atoms with E-state index in [4.69, 9.17) is 0 Å². The van der Waals surface area contributed by atoms with Crippen LogP contribution in [0.25, 0.3) is 0 Å². The van der Waals surface area contributed by atoms with Crippen molar-refractivity contribution >= 4 is 13.8 Å². The summed E-state index contributed by atoms with van der Waals surface area (Å²) in [5.74, 6) is 0. The van der Waals surface area contributed by atoms with Gasteiger partial charge in [0.1, 0.15) is 0 Å². The first-order valence-corrected chi connectivity index (χ1v) is 8.87. The summed E-state index contributed by atoms with van der Waals surface area (Å²) < 4.78 is 0. The molecule has 0 aliphatic heterocycles. The van der Waals surface area contributed by atoms with Crippen molar-refractivity contribution in [3.05, 3.63) is 30.3 Å². The van der Waals surface area contributed by atoms with Gasteiger partial charge in [-0.05, 0) is 17.7 Å². The molecule has 1 nitrogen and oxygen atoms in total. The van der Waals surface area contributed by atoms with Crippen molar-refractivity contribution in [2.75, 3.05) is 11.9 Å². The molecule has 78 valence electrons. The zero-order chi connectivity index (χ0) is 10.6. The largest absolute Gasteiger partial charge is 0.385 e. The normalized spacial score (nSPS) is 13.7. The van der Waals surface area contributed by atoms with Gasteiger partial charge in [-0.3, -0.25) is 0 Å². The summed E-state index contributed by atoms with van der Waals surface area (Å²) in [4.78, 5) is 0. The number of benzene rings is 1. The maximum Gasteiger partial charge on any atom is 0.0489 e. The van der Waals surface area contributed by atoms with Crippen LogP contribution in [0, 0.1) is 0 Å². The lowest BCUT2D eigenvalue weighted by Gasteiger charge is -2.25. The maximum atomic E-state index is 3.49. The molecule has 0 saturated carbocycles. The quantitative estimate of drug-likeness (QED) is 0.740. The van der Waals surface area contributed by atoms with Gasteiger partial charge in [-0.15, -0.1) is 0 Å². The second-order valence-corrected chi connectivity index (χ2v) is 10.7. The summed E-state index contributed by atoms with van der Waals surface area (Å²) in [7, 11) is -0.977. The van der Waals surface area contributed by atoms with Crippen molar-refractivity contribution in [3.8, 4) is 0 Å². The van der Waals surface area contributed by atoms with E-state index in [2.05, 4.69) is 56.1 Å². The zero-order valence-electron chi connectivity index (χ0n) is 9.67. The lowest BCUT2D eigenvalue weighted by Crippen LogP contribution is -2.30. The first kappa shape index (κ1) is 11.3. The predicted octanol–water partition coefficient (Wildman–Crippen LogP) is 3.83. The van der Waals surface area contributed by atoms with Crippen LogP contribution in [-0.2, 0) is 0 Å². The molecule has 0 spiro atoms. The Labute approximate surface area is 88.6 Å². The smallest absolute Gasteiger partial charge is 0.0489 e. The lowest BCUT2D eigenvalue weighted by atomic mass is 10.3. The summed E-state index contributed by atoms with van der Waals surface area (Å²) in [6.45, 7) is 10.7. The molecule has 0 saturated heterocycles. The summed E-state index contributed by atoms with van der Waals surface area (Å²) in [5.41, 5.74) is 2.04. The van der Waals surface area contributed by atoms with Crippen molar-refractivity contribution in [1.82, 2.24) is 0 Å². The summed E-state index contributed by atoms with van der Waals surface area (Å²) in [5, 5.41) is 3.49. The molecule has 1 rings (SSSR count). The Morgan fingerprint density at radius 2 is 1.71 bits per heavy atom. The second kappa shape index (κ2) is 4.65. The van der Waals surface area contributed by atoms with Crippen LogP contribution in [-0.4, -0.2) is 14.6 Å². The highest BCUT2D eigenvalue weighted by atomic mass is 28.3. The van der Waals surface area contributed by atoms with Gasteiger partial charge >= 0.3 is 0 Å². The molecule has 1 N–H and O–H groups in total. The van der Waals surface area contributed by atoms with Crippen molar-refractivity contribution < 1.29 is 0 Å². The zero-order valence-corrected chi connectivity index (χ0v) is 10.7. The first-order valence-electron chi connectivity index (χ1n) is 5.29. The SMILES string of the molecule is CC(CNc1ccccc1)[Si](C)(C)C. The molecule has 0 aliphatic rings. The maximum absolute atomic E-state index is 3.49. The molecule has 0 amide bonds. The van der Waals surface area contributed by atoms with Gasteiger partial charge in [-0.2, -0.15) is 0 Å². The Bertz CT molecular complexity index is 263. The molecule has 1 atom stereocenters. The van der Waals surface area contributed by atoms with Crippen LogP contribution in [0.2, 0.25) is 25.2 Å². The molecule has 0 aliphatic carbocycles. The van der Waals surface area contributed by atoms with Gasteiger partial charge in [-0.25, -0.2) is 0 Å². The van der Waals surface area contributed by atoms with E-state index in [0.29, 0.717) is 0 Å². The minimum absolute atomic E-state index is 0.808. The molecule has 1 aromatic carbocycles. The number of para-hydroxylation sites is 1. The van der Waals surface area contributed by atoms with E-state index in [-0.39, 0.29) is 0 Å². The monoisotopic (exact) mass is 207 g/mol. The van der Waals surface area contributed by atoms with E-state index in [1.807, 2.05) is 6.07 Å². The van der Waals surface area contributed by atoms with Gasteiger partial charge in [0.15, 0.2) is 0 Å². The van der Waals surface area contributed by atoms with Crippen LogP contribution in [0.5, 0.6) is 0 Å². The van der Waals surface area contributed by atoms with Crippen molar-refractivity contribution in [3.63, 3.8) is 0 Å². The average Bonchev–Trinajstić information content (AvgIpc) is 2.14. The second-order valence-electron chi connectivity index (χ2n) is 5.01. The Kier molecular flexibility index (Phi) is 3.75. The Morgan fingerprint density at radius 1 is 1.14 bits per heavy atom. The minimum Gasteiger partial charge on any atom is -0.385 e. The van der Waals surface area contributed by atoms with Gasteiger partial charge in [0.25, 0.3) is 0 Å². The third-order valence-corrected chi connectivity index (χ3v) is 6.03. The first-order chi connectivity index (χ1) is 6.50. The van der Waals surface area contributed by atoms with Gasteiger partial charge in [-0.1, -0.05) is 44.8 Å². The highest BCUT2D eigenvalue weighted by Crippen LogP contribution is 2.21. The number of hydrogen-bond donors (Lipinski definition) is 1. The molecular formula is C12H21NSi. The lowest BCUT2D eigenvalue weighted by molar-refractivity contribution is 0.927. The highest BCUT2D eigenvalue weighted by Gasteiger charge is 2.21. The number of anilines is 1. The molecule has 0 fully saturated rings. The fourth-order valence-electron chi connectivity index (χ4n) is 1.13. The van der Waals surface area contributed by atoms with E-state index in [1.54, 1.807) is 0 Å². The van der Waals surface area contributed by atoms with Crippen LogP contribution >= 0.6 is 0 Å². The van der Waals surface area contributed by atoms with Crippen LogP contribution in [0.15, 0.2) is 30.3 Å². The van der Waals surface area contributed by atoms with E-state index < -0.39 is 8.07 Å². The van der Waals surface area contributed by atoms with Crippen LogP contribution in [0.4, 0.5) is 5.69 Å². The van der Waals surface area contributed by atoms with Crippen LogP contribution in [0.1, 0.15) is 6.92 Å². The van der Waals surface area contributed by atoms with E-state index in [0.717, 1.165) is 12.1 Å². The van der Waals surface area contributed by atoms with Crippen molar-refractivity contribution in [2.45, 2.75) is 32.1 Å². The van der Waals surface area contributed by atoms with Gasteiger partial charge < -0.3 is 5.32 Å². The van der Waals surface area contributed by atoms with E-state index in [1.165, 1.54) is 5.69 Å². The van der Waals surface area contributed by atoms with Crippen LogP contribution < -0.4 is 5.32 Å². The Morgan fingerprint density at radius 3 is 2.21 bits per heavy atom. The molecule has 2 heteroatoms. The van der Waals surface area contributed by atoms with E-state index in [9.17, 15) is 0 Å². The molecule has 14 heavy (non-hydrogen) atoms. The van der Waals surface area contributed by atoms with E-state index >= 15 is 0 Å². The fourth-order valence-corrected chi connectivity index (χ4v) is 1.85. The number of rotatable bonds is 4. The molecule has 1 aromatic rings. The van der Waals surface area contributed by atoms with Gasteiger partial charge in [0.2, 0.25) is 0 Å². The number of hydrogen-bond acceptors (Lipinski definition) is 1. The summed E-state index contributed by atoms with van der Waals surface area (Å²) in [6.07, 6.45) is 0. The third-order valence-electron chi connectivity index (χ3n) is 2.86. The molecule has 0 aromatic heterocycles. The van der Waals surface area contributed by atoms with Crippen LogP contribution in [0.3, 0.4) is 0 Å². The summed E-state index contributed by atoms with van der Waals surface area (Å²) in [6, 6.07) is 10.4. The third kappa shape index (κ3) is 3.54. The standard InChI is InChI=1S/C12H21NSi/c1-11(14(2,3)4)10-13-12-8-6-5-7-9-12/h5-9,11,13H,10H2,1-4H3. The van der Waals surface area contributed by atoms with Gasteiger partial charge in [0.05, 0.1) is 0 Å². The summed E-state index contributed by atoms with van der Waals surface area (Å²) >= 11 is 0. The molecule has 0 heterocycles. The molecule has 0 bridgehead atoms.